The molecule has 2 heterocycles. The number of fused-ring (bicyclic) bond motifs is 1. The van der Waals surface area contributed by atoms with Crippen LogP contribution in [0.2, 0.25) is 0 Å². The number of hydrogen-bond acceptors (Lipinski definition) is 8. The average molecular weight is 434 g/mol. The lowest BCUT2D eigenvalue weighted by Gasteiger charge is -2.16. The normalized spacial score (nSPS) is 10.8. The molecule has 3 rings (SSSR count). The van der Waals surface area contributed by atoms with Crippen LogP contribution in [0.25, 0.3) is 10.2 Å². The van der Waals surface area contributed by atoms with Crippen LogP contribution in [0.5, 0.6) is 5.75 Å². The van der Waals surface area contributed by atoms with Crippen LogP contribution < -0.4 is 10.3 Å². The molecule has 1 aromatic carbocycles. The van der Waals surface area contributed by atoms with Crippen molar-refractivity contribution in [3.05, 3.63) is 61.5 Å². The predicted octanol–water partition coefficient (Wildman–Crippen LogP) is 2.79. The summed E-state index contributed by atoms with van der Waals surface area (Å²) in [6.45, 7) is 0.189. The van der Waals surface area contributed by atoms with Gasteiger partial charge in [0.25, 0.3) is 5.56 Å². The summed E-state index contributed by atoms with van der Waals surface area (Å²) >= 11 is 2.67. The van der Waals surface area contributed by atoms with E-state index in [4.69, 9.17) is 4.74 Å². The largest absolute Gasteiger partial charge is 0.490 e. The number of nitro groups is 1. The molecule has 0 aliphatic carbocycles. The summed E-state index contributed by atoms with van der Waals surface area (Å²) in [4.78, 5) is 43.5. The Morgan fingerprint density at radius 3 is 2.93 bits per heavy atom. The highest BCUT2D eigenvalue weighted by Gasteiger charge is 2.16. The van der Waals surface area contributed by atoms with Crippen LogP contribution in [0.1, 0.15) is 11.4 Å². The molecule has 3 aromatic rings. The quantitative estimate of drug-likeness (QED) is 0.428. The molecule has 152 valence electrons. The number of aromatic nitrogens is 2. The lowest BCUT2D eigenvalue weighted by atomic mass is 10.2. The summed E-state index contributed by atoms with van der Waals surface area (Å²) in [5.41, 5.74) is 1.03. The summed E-state index contributed by atoms with van der Waals surface area (Å²) in [5.74, 6) is 1.13. The maximum atomic E-state index is 12.4. The molecular formula is C18H18N4O5S2. The molecule has 0 aliphatic heterocycles. The third-order valence-electron chi connectivity index (χ3n) is 4.11. The molecule has 11 heteroatoms. The number of carbonyl (C=O) groups excluding carboxylic acids is 1. The molecule has 29 heavy (non-hydrogen) atoms. The van der Waals surface area contributed by atoms with E-state index in [0.29, 0.717) is 21.8 Å². The molecule has 0 spiro atoms. The maximum absolute atomic E-state index is 12.4. The highest BCUT2D eigenvalue weighted by Crippen LogP contribution is 2.29. The van der Waals surface area contributed by atoms with E-state index in [9.17, 15) is 19.7 Å². The van der Waals surface area contributed by atoms with Gasteiger partial charge in [-0.3, -0.25) is 19.7 Å². The van der Waals surface area contributed by atoms with Gasteiger partial charge in [-0.2, -0.15) is 0 Å². The number of ether oxygens (including phenoxy) is 1. The summed E-state index contributed by atoms with van der Waals surface area (Å²) in [6.07, 6.45) is 0. The first-order chi connectivity index (χ1) is 13.9. The van der Waals surface area contributed by atoms with Crippen molar-refractivity contribution in [1.29, 1.82) is 0 Å². The van der Waals surface area contributed by atoms with Gasteiger partial charge in [0, 0.05) is 18.9 Å². The minimum atomic E-state index is -0.496. The summed E-state index contributed by atoms with van der Waals surface area (Å²) < 4.78 is 5.54. The first-order valence-electron chi connectivity index (χ1n) is 8.48. The van der Waals surface area contributed by atoms with Gasteiger partial charge in [0.1, 0.15) is 10.5 Å². The van der Waals surface area contributed by atoms with Gasteiger partial charge in [-0.05, 0) is 23.1 Å². The molecule has 0 saturated heterocycles. The van der Waals surface area contributed by atoms with Gasteiger partial charge >= 0.3 is 5.69 Å². The fraction of sp³-hybridized carbons (Fsp3) is 0.278. The Labute approximate surface area is 173 Å². The molecule has 2 aromatic heterocycles. The van der Waals surface area contributed by atoms with Crippen molar-refractivity contribution in [2.75, 3.05) is 19.9 Å². The maximum Gasteiger partial charge on any atom is 0.311 e. The Morgan fingerprint density at radius 1 is 1.41 bits per heavy atom. The van der Waals surface area contributed by atoms with Crippen molar-refractivity contribution in [3.63, 3.8) is 0 Å². The minimum Gasteiger partial charge on any atom is -0.490 e. The van der Waals surface area contributed by atoms with Crippen molar-refractivity contribution < 1.29 is 14.5 Å². The topological polar surface area (TPSA) is 118 Å². The summed E-state index contributed by atoms with van der Waals surface area (Å²) in [5, 5.41) is 12.9. The number of benzene rings is 1. The fourth-order valence-electron chi connectivity index (χ4n) is 2.64. The third kappa shape index (κ3) is 4.93. The van der Waals surface area contributed by atoms with Gasteiger partial charge < -0.3 is 14.6 Å². The number of thiophene rings is 1. The molecular weight excluding hydrogens is 416 g/mol. The average Bonchev–Trinajstić information content (AvgIpc) is 3.16. The summed E-state index contributed by atoms with van der Waals surface area (Å²) in [7, 11) is 3.02. The van der Waals surface area contributed by atoms with Crippen molar-refractivity contribution in [2.45, 2.75) is 12.3 Å². The molecule has 0 unspecified atom stereocenters. The van der Waals surface area contributed by atoms with Gasteiger partial charge in [0.15, 0.2) is 5.75 Å². The van der Waals surface area contributed by atoms with Crippen molar-refractivity contribution in [3.8, 4) is 5.75 Å². The van der Waals surface area contributed by atoms with Crippen molar-refractivity contribution >= 4 is 44.9 Å². The second kappa shape index (κ2) is 9.05. The number of H-pyrrole nitrogens is 1. The van der Waals surface area contributed by atoms with Crippen molar-refractivity contribution in [1.82, 2.24) is 14.9 Å². The third-order valence-corrected chi connectivity index (χ3v) is 6.00. The zero-order valence-electron chi connectivity index (χ0n) is 15.7. The lowest BCUT2D eigenvalue weighted by Crippen LogP contribution is -2.29. The smallest absolute Gasteiger partial charge is 0.311 e. The summed E-state index contributed by atoms with van der Waals surface area (Å²) in [6, 6.07) is 6.50. The van der Waals surface area contributed by atoms with Crippen LogP contribution in [0.3, 0.4) is 0 Å². The fourth-order valence-corrected chi connectivity index (χ4v) is 4.28. The molecule has 0 fully saturated rings. The van der Waals surface area contributed by atoms with E-state index in [1.165, 1.54) is 41.2 Å². The van der Waals surface area contributed by atoms with Gasteiger partial charge in [0.05, 0.1) is 29.8 Å². The zero-order chi connectivity index (χ0) is 21.0. The molecule has 0 aliphatic rings. The highest BCUT2D eigenvalue weighted by atomic mass is 32.2. The zero-order valence-corrected chi connectivity index (χ0v) is 17.3. The molecule has 9 nitrogen and oxygen atoms in total. The minimum absolute atomic E-state index is 0.104. The number of nitrogens with zero attached hydrogens (tertiary/aromatic N) is 3. The van der Waals surface area contributed by atoms with Crippen LogP contribution in [-0.4, -0.2) is 45.6 Å². The number of hydrogen-bond donors (Lipinski definition) is 1. The number of thioether (sulfide) groups is 1. The molecule has 1 amide bonds. The van der Waals surface area contributed by atoms with Gasteiger partial charge in [0.2, 0.25) is 5.91 Å². The standard InChI is InChI=1S/C18H18N4O5S2/c1-21(8-15-19-12-5-6-29-17(12)18(24)20-15)16(23)10-28-9-11-3-4-14(27-2)13(7-11)22(25)26/h3-7H,8-10H2,1-2H3,(H,19,20,24). The van der Waals surface area contributed by atoms with E-state index in [-0.39, 0.29) is 35.2 Å². The van der Waals surface area contributed by atoms with Gasteiger partial charge in [-0.15, -0.1) is 23.1 Å². The van der Waals surface area contributed by atoms with Gasteiger partial charge in [-0.1, -0.05) is 6.07 Å². The van der Waals surface area contributed by atoms with E-state index in [0.717, 1.165) is 5.56 Å². The Bertz CT molecular complexity index is 1110. The molecule has 0 atom stereocenters. The van der Waals surface area contributed by atoms with Crippen LogP contribution in [0.4, 0.5) is 5.69 Å². The number of carbonyl (C=O) groups is 1. The number of nitrogens with one attached hydrogen (secondary N) is 1. The second-order valence-electron chi connectivity index (χ2n) is 6.15. The van der Waals surface area contributed by atoms with Crippen molar-refractivity contribution in [2.24, 2.45) is 0 Å². The number of nitro benzene ring substituents is 1. The highest BCUT2D eigenvalue weighted by molar-refractivity contribution is 7.99. The molecule has 0 radical (unpaired) electrons. The Kier molecular flexibility index (Phi) is 6.49. The van der Waals surface area contributed by atoms with E-state index in [1.807, 2.05) is 0 Å². The lowest BCUT2D eigenvalue weighted by molar-refractivity contribution is -0.385. The number of methoxy groups -OCH3 is 1. The monoisotopic (exact) mass is 434 g/mol. The van der Waals surface area contributed by atoms with E-state index < -0.39 is 4.92 Å². The SMILES string of the molecule is COc1ccc(CSCC(=O)N(C)Cc2nc3ccsc3c(=O)[nH]2)cc1[N+](=O)[O-]. The first kappa shape index (κ1) is 20.8. The van der Waals surface area contributed by atoms with E-state index in [2.05, 4.69) is 9.97 Å². The number of aromatic amines is 1. The second-order valence-corrected chi connectivity index (χ2v) is 8.06. The Balaban J connectivity index is 1.56. The van der Waals surface area contributed by atoms with E-state index >= 15 is 0 Å². The van der Waals surface area contributed by atoms with E-state index in [1.54, 1.807) is 30.6 Å². The van der Waals surface area contributed by atoms with Gasteiger partial charge in [-0.25, -0.2) is 4.98 Å². The molecule has 1 N–H and O–H groups in total. The van der Waals surface area contributed by atoms with Crippen LogP contribution in [-0.2, 0) is 17.1 Å². The van der Waals surface area contributed by atoms with Crippen LogP contribution in [0.15, 0.2) is 34.4 Å². The van der Waals surface area contributed by atoms with Crippen LogP contribution in [0, 0.1) is 10.1 Å². The Hall–Kier alpha value is -2.92. The number of rotatable bonds is 8. The molecule has 0 bridgehead atoms. The first-order valence-corrected chi connectivity index (χ1v) is 10.5. The van der Waals surface area contributed by atoms with Crippen LogP contribution >= 0.6 is 23.1 Å². The molecule has 0 saturated carbocycles. The Morgan fingerprint density at radius 2 is 2.21 bits per heavy atom. The number of amides is 1. The predicted molar refractivity (Wildman–Crippen MR) is 113 cm³/mol.